The molecule has 160 valence electrons. The summed E-state index contributed by atoms with van der Waals surface area (Å²) < 4.78 is 11.2. The van der Waals surface area contributed by atoms with E-state index in [4.69, 9.17) is 8.83 Å². The number of carbonyl (C=O) groups is 2. The molecule has 0 aliphatic heterocycles. The van der Waals surface area contributed by atoms with Crippen LogP contribution in [0.2, 0.25) is 0 Å². The van der Waals surface area contributed by atoms with Crippen molar-refractivity contribution in [2.24, 2.45) is 0 Å². The normalized spacial score (nSPS) is 12.4. The third-order valence-electron chi connectivity index (χ3n) is 5.37. The van der Waals surface area contributed by atoms with Crippen molar-refractivity contribution < 1.29 is 23.5 Å². The van der Waals surface area contributed by atoms with E-state index in [1.54, 1.807) is 6.26 Å². The standard InChI is InChI=1S/C22H25NO6S/c1-11-10-28-19-13(3)20-16(9-15(11)19)12(2)14(22(27)29-20)5-6-18(24)23-17(21(25)26)7-8-30-4/h9-10,17H,5-8H2,1-4H3,(H,23,24)(H,25,26)/p-1/t17-/m0/s1. The van der Waals surface area contributed by atoms with Gasteiger partial charge in [-0.2, -0.15) is 11.8 Å². The summed E-state index contributed by atoms with van der Waals surface area (Å²) in [5, 5.41) is 15.4. The van der Waals surface area contributed by atoms with Gasteiger partial charge in [-0.25, -0.2) is 4.79 Å². The molecule has 2 heterocycles. The number of carboxylic acid groups (broad SMARTS) is 1. The predicted molar refractivity (Wildman–Crippen MR) is 115 cm³/mol. The fourth-order valence-electron chi connectivity index (χ4n) is 3.60. The van der Waals surface area contributed by atoms with Crippen LogP contribution in [0.3, 0.4) is 0 Å². The highest BCUT2D eigenvalue weighted by molar-refractivity contribution is 7.98. The first-order valence-corrected chi connectivity index (χ1v) is 11.1. The average Bonchev–Trinajstić information content (AvgIpc) is 3.07. The Labute approximate surface area is 177 Å². The monoisotopic (exact) mass is 430 g/mol. The number of amides is 1. The van der Waals surface area contributed by atoms with E-state index < -0.39 is 23.5 Å². The van der Waals surface area contributed by atoms with Crippen LogP contribution in [0.15, 0.2) is 26.0 Å². The zero-order chi connectivity index (χ0) is 22.0. The molecule has 0 saturated carbocycles. The smallest absolute Gasteiger partial charge is 0.339 e. The number of aliphatic carboxylic acids is 1. The summed E-state index contributed by atoms with van der Waals surface area (Å²) in [7, 11) is 0. The number of fused-ring (bicyclic) bond motifs is 2. The SMILES string of the molecule is CSCC[C@H](NC(=O)CCc1c(C)c2cc3c(C)coc3c(C)c2oc1=O)C(=O)[O-]. The lowest BCUT2D eigenvalue weighted by molar-refractivity contribution is -0.308. The van der Waals surface area contributed by atoms with E-state index in [1.807, 2.05) is 33.1 Å². The van der Waals surface area contributed by atoms with E-state index in [1.165, 1.54) is 11.8 Å². The Morgan fingerprint density at radius 1 is 1.17 bits per heavy atom. The molecule has 0 aliphatic rings. The van der Waals surface area contributed by atoms with Gasteiger partial charge in [0.1, 0.15) is 11.2 Å². The molecule has 3 rings (SSSR count). The van der Waals surface area contributed by atoms with Gasteiger partial charge in [0.15, 0.2) is 0 Å². The Bertz CT molecular complexity index is 1180. The molecular formula is C22H24NO6S-. The number of carboxylic acids is 1. The van der Waals surface area contributed by atoms with Crippen LogP contribution in [-0.4, -0.2) is 29.9 Å². The van der Waals surface area contributed by atoms with Gasteiger partial charge in [0.2, 0.25) is 5.91 Å². The quantitative estimate of drug-likeness (QED) is 0.546. The first kappa shape index (κ1) is 22.0. The zero-order valence-corrected chi connectivity index (χ0v) is 18.2. The zero-order valence-electron chi connectivity index (χ0n) is 17.4. The lowest BCUT2D eigenvalue weighted by Crippen LogP contribution is -2.48. The molecule has 1 aromatic carbocycles. The van der Waals surface area contributed by atoms with E-state index in [2.05, 4.69) is 5.32 Å². The molecule has 1 amide bonds. The second-order valence-electron chi connectivity index (χ2n) is 7.39. The van der Waals surface area contributed by atoms with Gasteiger partial charge in [0, 0.05) is 28.3 Å². The molecule has 0 bridgehead atoms. The molecule has 0 radical (unpaired) electrons. The molecule has 30 heavy (non-hydrogen) atoms. The van der Waals surface area contributed by atoms with Crippen LogP contribution < -0.4 is 16.0 Å². The van der Waals surface area contributed by atoms with Crippen molar-refractivity contribution in [2.75, 3.05) is 12.0 Å². The van der Waals surface area contributed by atoms with Gasteiger partial charge in [-0.3, -0.25) is 4.79 Å². The first-order valence-electron chi connectivity index (χ1n) is 9.67. The summed E-state index contributed by atoms with van der Waals surface area (Å²) in [6.07, 6.45) is 3.94. The minimum atomic E-state index is -1.31. The second kappa shape index (κ2) is 8.95. The van der Waals surface area contributed by atoms with E-state index in [-0.39, 0.29) is 19.3 Å². The summed E-state index contributed by atoms with van der Waals surface area (Å²) >= 11 is 1.49. The largest absolute Gasteiger partial charge is 0.548 e. The predicted octanol–water partition coefficient (Wildman–Crippen LogP) is 2.38. The van der Waals surface area contributed by atoms with Crippen LogP contribution in [-0.2, 0) is 16.0 Å². The van der Waals surface area contributed by atoms with Crippen molar-refractivity contribution in [1.82, 2.24) is 5.32 Å². The minimum Gasteiger partial charge on any atom is -0.548 e. The van der Waals surface area contributed by atoms with Crippen LogP contribution >= 0.6 is 11.8 Å². The molecule has 8 heteroatoms. The average molecular weight is 431 g/mol. The van der Waals surface area contributed by atoms with Crippen molar-refractivity contribution >= 4 is 45.6 Å². The molecular weight excluding hydrogens is 406 g/mol. The van der Waals surface area contributed by atoms with E-state index >= 15 is 0 Å². The van der Waals surface area contributed by atoms with Gasteiger partial charge in [-0.05, 0) is 62.8 Å². The number of carbonyl (C=O) groups excluding carboxylic acids is 2. The number of hydrogen-bond acceptors (Lipinski definition) is 7. The first-order chi connectivity index (χ1) is 14.2. The molecule has 0 spiro atoms. The second-order valence-corrected chi connectivity index (χ2v) is 8.37. The number of hydrogen-bond donors (Lipinski definition) is 1. The molecule has 0 aliphatic carbocycles. The number of furan rings is 1. The molecule has 3 aromatic rings. The fourth-order valence-corrected chi connectivity index (χ4v) is 4.07. The summed E-state index contributed by atoms with van der Waals surface area (Å²) in [4.78, 5) is 36.1. The van der Waals surface area contributed by atoms with Crippen molar-refractivity contribution in [1.29, 1.82) is 0 Å². The maximum Gasteiger partial charge on any atom is 0.339 e. The summed E-state index contributed by atoms with van der Waals surface area (Å²) in [5.74, 6) is -1.16. The topological polar surface area (TPSA) is 113 Å². The van der Waals surface area contributed by atoms with Gasteiger partial charge in [-0.15, -0.1) is 0 Å². The molecule has 0 fully saturated rings. The van der Waals surface area contributed by atoms with Crippen LogP contribution in [0.4, 0.5) is 0 Å². The lowest BCUT2D eigenvalue weighted by atomic mass is 9.98. The maximum atomic E-state index is 12.6. The van der Waals surface area contributed by atoms with Crippen molar-refractivity contribution in [2.45, 2.75) is 46.1 Å². The van der Waals surface area contributed by atoms with Crippen molar-refractivity contribution in [3.8, 4) is 0 Å². The summed E-state index contributed by atoms with van der Waals surface area (Å²) in [6.45, 7) is 5.62. The van der Waals surface area contributed by atoms with Gasteiger partial charge in [0.05, 0.1) is 18.3 Å². The summed E-state index contributed by atoms with van der Waals surface area (Å²) in [5.41, 5.74) is 3.56. The van der Waals surface area contributed by atoms with Crippen molar-refractivity contribution in [3.05, 3.63) is 45.0 Å². The van der Waals surface area contributed by atoms with Gasteiger partial charge in [0.25, 0.3) is 0 Å². The third kappa shape index (κ3) is 4.23. The van der Waals surface area contributed by atoms with E-state index in [0.717, 1.165) is 27.5 Å². The number of benzene rings is 1. The Kier molecular flexibility index (Phi) is 6.55. The minimum absolute atomic E-state index is 0.0217. The van der Waals surface area contributed by atoms with Crippen LogP contribution in [0.5, 0.6) is 0 Å². The molecule has 2 aromatic heterocycles. The third-order valence-corrected chi connectivity index (χ3v) is 6.01. The number of rotatable bonds is 8. The molecule has 1 atom stereocenters. The van der Waals surface area contributed by atoms with Crippen LogP contribution in [0.25, 0.3) is 21.9 Å². The van der Waals surface area contributed by atoms with Gasteiger partial charge in [-0.1, -0.05) is 0 Å². The Hall–Kier alpha value is -2.74. The highest BCUT2D eigenvalue weighted by Gasteiger charge is 2.19. The Morgan fingerprint density at radius 2 is 1.90 bits per heavy atom. The molecule has 0 unspecified atom stereocenters. The highest BCUT2D eigenvalue weighted by atomic mass is 32.2. The number of nitrogens with one attached hydrogen (secondary N) is 1. The van der Waals surface area contributed by atoms with E-state index in [9.17, 15) is 19.5 Å². The number of aryl methyl sites for hydroxylation is 3. The lowest BCUT2D eigenvalue weighted by Gasteiger charge is -2.19. The Balaban J connectivity index is 1.86. The number of thioether (sulfide) groups is 1. The highest BCUT2D eigenvalue weighted by Crippen LogP contribution is 2.32. The van der Waals surface area contributed by atoms with Crippen LogP contribution in [0, 0.1) is 20.8 Å². The van der Waals surface area contributed by atoms with Crippen LogP contribution in [0.1, 0.15) is 35.1 Å². The van der Waals surface area contributed by atoms with E-state index in [0.29, 0.717) is 22.5 Å². The molecule has 1 N–H and O–H groups in total. The van der Waals surface area contributed by atoms with Gasteiger partial charge >= 0.3 is 5.63 Å². The fraction of sp³-hybridized carbons (Fsp3) is 0.409. The maximum absolute atomic E-state index is 12.6. The Morgan fingerprint density at radius 3 is 2.57 bits per heavy atom. The summed E-state index contributed by atoms with van der Waals surface area (Å²) in [6, 6.07) is 0.895. The van der Waals surface area contributed by atoms with Crippen molar-refractivity contribution in [3.63, 3.8) is 0 Å². The molecule has 7 nitrogen and oxygen atoms in total. The van der Waals surface area contributed by atoms with Gasteiger partial charge < -0.3 is 24.1 Å². The molecule has 0 saturated heterocycles.